The lowest BCUT2D eigenvalue weighted by Crippen LogP contribution is -2.44. The van der Waals surface area contributed by atoms with Crippen LogP contribution in [-0.2, 0) is 9.59 Å². The summed E-state index contributed by atoms with van der Waals surface area (Å²) in [5.41, 5.74) is 2.32. The first-order chi connectivity index (χ1) is 18.6. The third-order valence-corrected chi connectivity index (χ3v) is 7.42. The number of hydrogen-bond acceptors (Lipinski definition) is 4. The number of Topliss-reactive ketones (excluding diaryl/α,β-unsaturated/α-hetero) is 1. The van der Waals surface area contributed by atoms with E-state index < -0.39 is 24.0 Å². The normalized spacial score (nSPS) is 16.1. The first kappa shape index (κ1) is 28.3. The molecular formula is C30H28Cl2N2O5. The summed E-state index contributed by atoms with van der Waals surface area (Å²) in [7, 11) is 0. The number of halogens is 2. The summed E-state index contributed by atoms with van der Waals surface area (Å²) in [6.45, 7) is 3.47. The zero-order valence-electron chi connectivity index (χ0n) is 21.6. The van der Waals surface area contributed by atoms with Crippen LogP contribution in [0.2, 0.25) is 10.0 Å². The summed E-state index contributed by atoms with van der Waals surface area (Å²) in [5, 5.41) is 10.1. The molecule has 0 bridgehead atoms. The third-order valence-electron chi connectivity index (χ3n) is 6.91. The largest absolute Gasteiger partial charge is 0.481 e. The number of nitrogens with zero attached hydrogens (tertiary/aromatic N) is 2. The van der Waals surface area contributed by atoms with Crippen LogP contribution in [0.3, 0.4) is 0 Å². The van der Waals surface area contributed by atoms with E-state index in [9.17, 15) is 19.2 Å². The van der Waals surface area contributed by atoms with Crippen molar-refractivity contribution in [1.82, 2.24) is 4.90 Å². The molecule has 0 spiro atoms. The summed E-state index contributed by atoms with van der Waals surface area (Å²) >= 11 is 12.3. The molecule has 1 N–H and O–H groups in total. The number of amides is 2. The molecule has 0 aliphatic carbocycles. The molecule has 3 aromatic carbocycles. The van der Waals surface area contributed by atoms with Crippen LogP contribution in [-0.4, -0.2) is 40.1 Å². The van der Waals surface area contributed by atoms with E-state index in [0.717, 1.165) is 5.56 Å². The van der Waals surface area contributed by atoms with Crippen molar-refractivity contribution >= 4 is 52.5 Å². The van der Waals surface area contributed by atoms with Gasteiger partial charge in [0, 0.05) is 28.6 Å². The molecule has 7 nitrogen and oxygen atoms in total. The maximum atomic E-state index is 14.4. The van der Waals surface area contributed by atoms with Crippen LogP contribution < -0.4 is 4.90 Å². The van der Waals surface area contributed by atoms with E-state index in [1.54, 1.807) is 48.5 Å². The minimum Gasteiger partial charge on any atom is -0.481 e. The topological polar surface area (TPSA) is 95.0 Å². The van der Waals surface area contributed by atoms with Crippen molar-refractivity contribution < 1.29 is 24.3 Å². The molecular weight excluding hydrogens is 539 g/mol. The van der Waals surface area contributed by atoms with Gasteiger partial charge in [0.1, 0.15) is 6.04 Å². The van der Waals surface area contributed by atoms with Gasteiger partial charge in [-0.15, -0.1) is 0 Å². The predicted octanol–water partition coefficient (Wildman–Crippen LogP) is 6.74. The highest BCUT2D eigenvalue weighted by Crippen LogP contribution is 2.40. The minimum absolute atomic E-state index is 0.0303. The third kappa shape index (κ3) is 6.15. The van der Waals surface area contributed by atoms with Gasteiger partial charge in [0.2, 0.25) is 0 Å². The number of benzene rings is 3. The lowest BCUT2D eigenvalue weighted by Gasteiger charge is -2.36. The van der Waals surface area contributed by atoms with Crippen molar-refractivity contribution in [2.45, 2.75) is 45.2 Å². The second kappa shape index (κ2) is 12.0. The Morgan fingerprint density at radius 2 is 1.54 bits per heavy atom. The van der Waals surface area contributed by atoms with E-state index in [0.29, 0.717) is 39.7 Å². The van der Waals surface area contributed by atoms with Crippen LogP contribution >= 0.6 is 23.2 Å². The average molecular weight is 567 g/mol. The first-order valence-corrected chi connectivity index (χ1v) is 13.4. The molecule has 0 radical (unpaired) electrons. The Bertz CT molecular complexity index is 1410. The molecule has 1 heterocycles. The Labute approximate surface area is 236 Å². The van der Waals surface area contributed by atoms with Crippen LogP contribution in [0.1, 0.15) is 77.0 Å². The zero-order chi connectivity index (χ0) is 28.3. The lowest BCUT2D eigenvalue weighted by molar-refractivity contribution is -0.137. The van der Waals surface area contributed by atoms with Gasteiger partial charge in [-0.1, -0.05) is 47.5 Å². The van der Waals surface area contributed by atoms with Crippen LogP contribution in [0, 0.1) is 0 Å². The van der Waals surface area contributed by atoms with Crippen LogP contribution in [0.5, 0.6) is 0 Å². The summed E-state index contributed by atoms with van der Waals surface area (Å²) in [6.07, 6.45) is 0.752. The van der Waals surface area contributed by atoms with Crippen LogP contribution in [0.25, 0.3) is 0 Å². The van der Waals surface area contributed by atoms with E-state index in [-0.39, 0.29) is 30.2 Å². The Hall–Kier alpha value is -3.68. The average Bonchev–Trinajstić information content (AvgIpc) is 2.99. The van der Waals surface area contributed by atoms with Crippen molar-refractivity contribution in [1.29, 1.82) is 0 Å². The summed E-state index contributed by atoms with van der Waals surface area (Å²) in [6, 6.07) is 17.1. The number of carbonyl (C=O) groups is 4. The number of anilines is 1. The van der Waals surface area contributed by atoms with Crippen molar-refractivity contribution in [3.05, 3.63) is 99.0 Å². The van der Waals surface area contributed by atoms with Crippen molar-refractivity contribution in [2.24, 2.45) is 0 Å². The number of unbranched alkanes of at least 4 members (excludes halogenated alkanes) is 1. The molecule has 0 saturated heterocycles. The smallest absolute Gasteiger partial charge is 0.303 e. The van der Waals surface area contributed by atoms with E-state index >= 15 is 0 Å². The number of carboxylic acid groups (broad SMARTS) is 1. The van der Waals surface area contributed by atoms with Gasteiger partial charge in [-0.2, -0.15) is 0 Å². The SMILES string of the molecule is CC(=O)c1ccc2c(c1)C(=O)N([C@H](C)c1ccc(Cl)cc1)[C@@H](c1ccc(Cl)cc1)C(=O)N2CCCCC(=O)O. The Kier molecular flexibility index (Phi) is 8.73. The molecule has 1 aliphatic heterocycles. The maximum absolute atomic E-state index is 14.4. The zero-order valence-corrected chi connectivity index (χ0v) is 23.1. The van der Waals surface area contributed by atoms with Crippen molar-refractivity contribution in [3.63, 3.8) is 0 Å². The van der Waals surface area contributed by atoms with Gasteiger partial charge in [0.05, 0.1) is 17.3 Å². The number of ketones is 1. The van der Waals surface area contributed by atoms with Gasteiger partial charge in [0.25, 0.3) is 11.8 Å². The van der Waals surface area contributed by atoms with E-state index in [1.165, 1.54) is 22.8 Å². The van der Waals surface area contributed by atoms with Crippen molar-refractivity contribution in [2.75, 3.05) is 11.4 Å². The molecule has 0 saturated carbocycles. The second-order valence-electron chi connectivity index (χ2n) is 9.52. The fourth-order valence-corrected chi connectivity index (χ4v) is 5.08. The number of hydrogen-bond donors (Lipinski definition) is 1. The van der Waals surface area contributed by atoms with Gasteiger partial charge >= 0.3 is 5.97 Å². The summed E-state index contributed by atoms with van der Waals surface area (Å²) in [4.78, 5) is 55.1. The highest BCUT2D eigenvalue weighted by Gasteiger charge is 2.43. The summed E-state index contributed by atoms with van der Waals surface area (Å²) < 4.78 is 0. The molecule has 4 rings (SSSR count). The fraction of sp³-hybridized carbons (Fsp3) is 0.267. The molecule has 202 valence electrons. The molecule has 0 fully saturated rings. The quantitative estimate of drug-likeness (QED) is 0.228. The Morgan fingerprint density at radius 1 is 0.923 bits per heavy atom. The predicted molar refractivity (Wildman–Crippen MR) is 151 cm³/mol. The molecule has 2 amide bonds. The monoisotopic (exact) mass is 566 g/mol. The molecule has 0 unspecified atom stereocenters. The molecule has 0 aromatic heterocycles. The molecule has 3 aromatic rings. The number of rotatable bonds is 9. The second-order valence-corrected chi connectivity index (χ2v) is 10.4. The Balaban J connectivity index is 1.89. The molecule has 9 heteroatoms. The Morgan fingerprint density at radius 3 is 2.13 bits per heavy atom. The first-order valence-electron chi connectivity index (χ1n) is 12.6. The number of carboxylic acids is 1. The van der Waals surface area contributed by atoms with E-state index in [1.807, 2.05) is 19.1 Å². The fourth-order valence-electron chi connectivity index (χ4n) is 4.83. The van der Waals surface area contributed by atoms with Gasteiger partial charge in [-0.3, -0.25) is 19.2 Å². The standard InChI is InChI=1S/C30H28Cl2N2O5/c1-18(20-6-11-23(31)12-7-20)34-28(21-8-13-24(32)14-9-21)30(39)33(16-4-3-5-27(36)37)26-15-10-22(19(2)35)17-25(26)29(34)38/h6-15,17-18,28H,3-5,16H2,1-2H3,(H,36,37)/t18-,28+/m1/s1. The highest BCUT2D eigenvalue weighted by atomic mass is 35.5. The molecule has 1 aliphatic rings. The van der Waals surface area contributed by atoms with Crippen LogP contribution in [0.15, 0.2) is 66.7 Å². The molecule has 39 heavy (non-hydrogen) atoms. The summed E-state index contributed by atoms with van der Waals surface area (Å²) in [5.74, 6) is -1.87. The van der Waals surface area contributed by atoms with E-state index in [2.05, 4.69) is 0 Å². The van der Waals surface area contributed by atoms with Gasteiger partial charge in [0.15, 0.2) is 5.78 Å². The minimum atomic E-state index is -1.01. The van der Waals surface area contributed by atoms with Crippen molar-refractivity contribution in [3.8, 4) is 0 Å². The maximum Gasteiger partial charge on any atom is 0.303 e. The molecule has 2 atom stereocenters. The van der Waals surface area contributed by atoms with Gasteiger partial charge in [-0.05, 0) is 80.3 Å². The number of fused-ring (bicyclic) bond motifs is 1. The highest BCUT2D eigenvalue weighted by molar-refractivity contribution is 6.30. The number of aliphatic carboxylic acids is 1. The van der Waals surface area contributed by atoms with Crippen LogP contribution in [0.4, 0.5) is 5.69 Å². The van der Waals surface area contributed by atoms with Gasteiger partial charge in [-0.25, -0.2) is 0 Å². The lowest BCUT2D eigenvalue weighted by atomic mass is 9.98. The van der Waals surface area contributed by atoms with E-state index in [4.69, 9.17) is 28.3 Å². The number of carbonyl (C=O) groups excluding carboxylic acids is 3. The van der Waals surface area contributed by atoms with Gasteiger partial charge < -0.3 is 14.9 Å².